The first-order chi connectivity index (χ1) is 8.41. The predicted molar refractivity (Wildman–Crippen MR) is 46.9 cm³/mol. The number of carbonyl (C=O) groups excluding carboxylic acids is 1. The Hall–Kier alpha value is -1.52. The number of hydrogen-bond donors (Lipinski definition) is 3. The molecule has 0 aliphatic carbocycles. The summed E-state index contributed by atoms with van der Waals surface area (Å²) in [5.41, 5.74) is 0. The Morgan fingerprint density at radius 3 is 1.74 bits per heavy atom. The molecule has 1 amide bonds. The minimum Gasteiger partial charge on any atom is -0.480 e. The maximum absolute atomic E-state index is 12.1. The lowest BCUT2D eigenvalue weighted by atomic mass is 10.1. The molecule has 0 fully saturated rings. The van der Waals surface area contributed by atoms with Gasteiger partial charge in [0.15, 0.2) is 0 Å². The summed E-state index contributed by atoms with van der Waals surface area (Å²) in [6, 6.07) is -2.04. The summed E-state index contributed by atoms with van der Waals surface area (Å²) in [6.07, 6.45) is -12.5. The van der Waals surface area contributed by atoms with Gasteiger partial charge in [-0.05, 0) is 0 Å². The Bertz CT molecular complexity index is 325. The van der Waals surface area contributed by atoms with Crippen LogP contribution in [0.3, 0.4) is 0 Å². The lowest BCUT2D eigenvalue weighted by Crippen LogP contribution is -2.52. The van der Waals surface area contributed by atoms with Crippen molar-refractivity contribution >= 4 is 11.9 Å². The first kappa shape index (κ1) is 17.5. The van der Waals surface area contributed by atoms with Crippen molar-refractivity contribution in [1.82, 2.24) is 5.32 Å². The standard InChI is InChI=1S/C8H9F6NO4/c9-7(10,11)4(8(12,13)14)5(17)15-3(1-2-16)6(18)19/h3-4,16H,1-2H2,(H,15,17)(H,18,19)/t3-/m0/s1. The van der Waals surface area contributed by atoms with E-state index in [2.05, 4.69) is 0 Å². The van der Waals surface area contributed by atoms with Gasteiger partial charge in [-0.3, -0.25) is 4.79 Å². The SMILES string of the molecule is O=C(N[C@@H](CCO)C(=O)O)C(C(F)(F)F)C(F)(F)F. The summed E-state index contributed by atoms with van der Waals surface area (Å²) in [5.74, 6) is -8.70. The zero-order valence-electron chi connectivity index (χ0n) is 9.05. The molecule has 0 aromatic carbocycles. The normalized spacial score (nSPS) is 14.3. The Morgan fingerprint density at radius 2 is 1.47 bits per heavy atom. The van der Waals surface area contributed by atoms with Crippen molar-refractivity contribution in [3.05, 3.63) is 0 Å². The Balaban J connectivity index is 5.08. The molecule has 0 aromatic heterocycles. The third-order valence-corrected chi connectivity index (χ3v) is 1.95. The highest BCUT2D eigenvalue weighted by molar-refractivity contribution is 5.85. The molecule has 0 unspecified atom stereocenters. The highest BCUT2D eigenvalue weighted by Crippen LogP contribution is 2.39. The van der Waals surface area contributed by atoms with Gasteiger partial charge in [0.1, 0.15) is 6.04 Å². The molecule has 11 heteroatoms. The first-order valence-corrected chi connectivity index (χ1v) is 4.68. The van der Waals surface area contributed by atoms with Gasteiger partial charge in [0.2, 0.25) is 11.8 Å². The number of hydrogen-bond acceptors (Lipinski definition) is 3. The molecule has 0 heterocycles. The molecule has 0 bridgehead atoms. The quantitative estimate of drug-likeness (QED) is 0.651. The van der Waals surface area contributed by atoms with Crippen molar-refractivity contribution in [2.75, 3.05) is 6.61 Å². The van der Waals surface area contributed by atoms with Crippen molar-refractivity contribution in [2.24, 2.45) is 5.92 Å². The van der Waals surface area contributed by atoms with Crippen LogP contribution in [0.15, 0.2) is 0 Å². The lowest BCUT2D eigenvalue weighted by Gasteiger charge is -2.23. The summed E-state index contributed by atoms with van der Waals surface area (Å²) >= 11 is 0. The van der Waals surface area contributed by atoms with Gasteiger partial charge in [-0.25, -0.2) is 4.79 Å². The number of aliphatic hydroxyl groups is 1. The molecule has 0 radical (unpaired) electrons. The summed E-state index contributed by atoms with van der Waals surface area (Å²) in [7, 11) is 0. The largest absolute Gasteiger partial charge is 0.480 e. The maximum atomic E-state index is 12.1. The molecule has 0 saturated carbocycles. The molecule has 1 atom stereocenters. The average molecular weight is 297 g/mol. The second kappa shape index (κ2) is 6.08. The van der Waals surface area contributed by atoms with Crippen LogP contribution in [0, 0.1) is 5.92 Å². The number of aliphatic carboxylic acids is 1. The fourth-order valence-corrected chi connectivity index (χ4v) is 1.12. The molecule has 19 heavy (non-hydrogen) atoms. The van der Waals surface area contributed by atoms with E-state index in [1.807, 2.05) is 0 Å². The number of aliphatic hydroxyl groups excluding tert-OH is 1. The molecule has 0 aliphatic rings. The smallest absolute Gasteiger partial charge is 0.409 e. The molecule has 3 N–H and O–H groups in total. The Labute approximate surface area is 102 Å². The van der Waals surface area contributed by atoms with Crippen molar-refractivity contribution in [3.63, 3.8) is 0 Å². The molecule has 112 valence electrons. The highest BCUT2D eigenvalue weighted by Gasteiger charge is 2.61. The second-order valence-electron chi connectivity index (χ2n) is 3.43. The van der Waals surface area contributed by atoms with E-state index < -0.39 is 49.2 Å². The summed E-state index contributed by atoms with van der Waals surface area (Å²) in [5, 5.41) is 17.9. The molecular weight excluding hydrogens is 288 g/mol. The lowest BCUT2D eigenvalue weighted by molar-refractivity contribution is -0.274. The summed E-state index contributed by atoms with van der Waals surface area (Å²) in [6.45, 7) is -0.833. The number of carboxylic acids is 1. The Kier molecular flexibility index (Phi) is 5.60. The van der Waals surface area contributed by atoms with Crippen LogP contribution >= 0.6 is 0 Å². The van der Waals surface area contributed by atoms with Gasteiger partial charge in [0.05, 0.1) is 0 Å². The number of rotatable bonds is 5. The molecular formula is C8H9F6NO4. The van der Waals surface area contributed by atoms with Crippen LogP contribution in [0.2, 0.25) is 0 Å². The number of amides is 1. The third kappa shape index (κ3) is 5.32. The molecule has 0 spiro atoms. The van der Waals surface area contributed by atoms with E-state index in [1.165, 1.54) is 0 Å². The highest BCUT2D eigenvalue weighted by atomic mass is 19.4. The average Bonchev–Trinajstić information content (AvgIpc) is 2.11. The van der Waals surface area contributed by atoms with E-state index >= 15 is 0 Å². The number of carboxylic acid groups (broad SMARTS) is 1. The number of nitrogens with one attached hydrogen (secondary N) is 1. The van der Waals surface area contributed by atoms with E-state index in [1.54, 1.807) is 0 Å². The number of alkyl halides is 6. The third-order valence-electron chi connectivity index (χ3n) is 1.95. The van der Waals surface area contributed by atoms with E-state index in [0.29, 0.717) is 0 Å². The monoisotopic (exact) mass is 297 g/mol. The first-order valence-electron chi connectivity index (χ1n) is 4.68. The van der Waals surface area contributed by atoms with Gasteiger partial charge in [0.25, 0.3) is 0 Å². The Morgan fingerprint density at radius 1 is 1.05 bits per heavy atom. The fraction of sp³-hybridized carbons (Fsp3) is 0.750. The zero-order chi connectivity index (χ0) is 15.4. The van der Waals surface area contributed by atoms with Crippen LogP contribution in [0.1, 0.15) is 6.42 Å². The summed E-state index contributed by atoms with van der Waals surface area (Å²) < 4.78 is 72.8. The molecule has 0 rings (SSSR count). The molecule has 5 nitrogen and oxygen atoms in total. The van der Waals surface area contributed by atoms with Gasteiger partial charge in [0, 0.05) is 13.0 Å². The topological polar surface area (TPSA) is 86.6 Å². The van der Waals surface area contributed by atoms with Gasteiger partial charge < -0.3 is 15.5 Å². The van der Waals surface area contributed by atoms with Gasteiger partial charge in [-0.15, -0.1) is 0 Å². The van der Waals surface area contributed by atoms with Crippen molar-refractivity contribution < 1.29 is 46.1 Å². The van der Waals surface area contributed by atoms with Crippen LogP contribution in [0.5, 0.6) is 0 Å². The minimum atomic E-state index is -5.90. The molecule has 0 aromatic rings. The van der Waals surface area contributed by atoms with Gasteiger partial charge in [-0.2, -0.15) is 26.3 Å². The van der Waals surface area contributed by atoms with E-state index in [4.69, 9.17) is 10.2 Å². The minimum absolute atomic E-state index is 0.719. The van der Waals surface area contributed by atoms with E-state index in [9.17, 15) is 35.9 Å². The van der Waals surface area contributed by atoms with Gasteiger partial charge in [-0.1, -0.05) is 0 Å². The maximum Gasteiger partial charge on any atom is 0.409 e. The second-order valence-corrected chi connectivity index (χ2v) is 3.43. The van der Waals surface area contributed by atoms with Crippen LogP contribution in [-0.4, -0.2) is 47.1 Å². The number of halogens is 6. The molecule has 0 aliphatic heterocycles. The van der Waals surface area contributed by atoms with Gasteiger partial charge >= 0.3 is 18.3 Å². The molecule has 0 saturated heterocycles. The number of carbonyl (C=O) groups is 2. The van der Waals surface area contributed by atoms with Crippen LogP contribution in [0.4, 0.5) is 26.3 Å². The van der Waals surface area contributed by atoms with Crippen molar-refractivity contribution in [2.45, 2.75) is 24.8 Å². The fourth-order valence-electron chi connectivity index (χ4n) is 1.12. The van der Waals surface area contributed by atoms with Crippen LogP contribution < -0.4 is 5.32 Å². The summed E-state index contributed by atoms with van der Waals surface area (Å²) in [4.78, 5) is 21.4. The van der Waals surface area contributed by atoms with E-state index in [-0.39, 0.29) is 0 Å². The van der Waals surface area contributed by atoms with Crippen molar-refractivity contribution in [3.8, 4) is 0 Å². The van der Waals surface area contributed by atoms with Crippen LogP contribution in [0.25, 0.3) is 0 Å². The zero-order valence-corrected chi connectivity index (χ0v) is 9.05. The van der Waals surface area contributed by atoms with E-state index in [0.717, 1.165) is 5.32 Å². The van der Waals surface area contributed by atoms with Crippen molar-refractivity contribution in [1.29, 1.82) is 0 Å². The predicted octanol–water partition coefficient (Wildman–Crippen LogP) is 0.679. The van der Waals surface area contributed by atoms with Crippen LogP contribution in [-0.2, 0) is 9.59 Å².